The van der Waals surface area contributed by atoms with Gasteiger partial charge < -0.3 is 9.80 Å². The number of amides is 1. The van der Waals surface area contributed by atoms with Crippen molar-refractivity contribution < 1.29 is 17.6 Å². The van der Waals surface area contributed by atoms with E-state index in [2.05, 4.69) is 4.90 Å². The van der Waals surface area contributed by atoms with Crippen molar-refractivity contribution in [1.29, 1.82) is 0 Å². The summed E-state index contributed by atoms with van der Waals surface area (Å²) < 4.78 is 38.9. The number of anilines is 2. The smallest absolute Gasteiger partial charge is 0.243 e. The van der Waals surface area contributed by atoms with Gasteiger partial charge >= 0.3 is 0 Å². The van der Waals surface area contributed by atoms with Gasteiger partial charge in [-0.1, -0.05) is 6.07 Å². The average molecular weight is 438 g/mol. The highest BCUT2D eigenvalue weighted by Crippen LogP contribution is 2.24. The minimum atomic E-state index is -3.60. The van der Waals surface area contributed by atoms with Gasteiger partial charge in [0, 0.05) is 36.8 Å². The van der Waals surface area contributed by atoms with Crippen LogP contribution >= 0.6 is 11.8 Å². The van der Waals surface area contributed by atoms with Gasteiger partial charge in [-0.15, -0.1) is 11.8 Å². The second-order valence-corrected chi connectivity index (χ2v) is 9.60. The Bertz CT molecular complexity index is 959. The van der Waals surface area contributed by atoms with Gasteiger partial charge in [-0.2, -0.15) is 0 Å². The first-order valence-corrected chi connectivity index (χ1v) is 12.3. The lowest BCUT2D eigenvalue weighted by Crippen LogP contribution is -2.52. The third-order valence-electron chi connectivity index (χ3n) is 4.84. The molecule has 1 amide bonds. The highest BCUT2D eigenvalue weighted by atomic mass is 32.2. The number of thioether (sulfide) groups is 1. The first-order chi connectivity index (χ1) is 13.8. The molecule has 1 aliphatic heterocycles. The van der Waals surface area contributed by atoms with Gasteiger partial charge in [-0.25, -0.2) is 12.8 Å². The summed E-state index contributed by atoms with van der Waals surface area (Å²) in [7, 11) is -3.60. The van der Waals surface area contributed by atoms with Crippen LogP contribution in [0.25, 0.3) is 0 Å². The number of carbonyl (C=O) groups is 1. The molecule has 9 heteroatoms. The van der Waals surface area contributed by atoms with E-state index in [1.807, 2.05) is 12.3 Å². The van der Waals surface area contributed by atoms with Crippen LogP contribution in [0.1, 0.15) is 0 Å². The number of sulfonamides is 1. The number of halogens is 1. The lowest BCUT2D eigenvalue weighted by atomic mass is 10.2. The van der Waals surface area contributed by atoms with Gasteiger partial charge in [0.15, 0.2) is 0 Å². The summed E-state index contributed by atoms with van der Waals surface area (Å²) in [5.41, 5.74) is 1.39. The molecule has 1 fully saturated rings. The highest BCUT2D eigenvalue weighted by Gasteiger charge is 2.26. The lowest BCUT2D eigenvalue weighted by molar-refractivity contribution is -0.129. The third kappa shape index (κ3) is 5.42. The minimum Gasteiger partial charge on any atom is -0.368 e. The summed E-state index contributed by atoms with van der Waals surface area (Å²) in [5.74, 6) is -0.516. The molecule has 29 heavy (non-hydrogen) atoms. The van der Waals surface area contributed by atoms with Crippen molar-refractivity contribution in [2.75, 3.05) is 54.4 Å². The Morgan fingerprint density at radius 2 is 1.76 bits per heavy atom. The monoisotopic (exact) mass is 437 g/mol. The molecule has 0 N–H and O–H groups in total. The Balaban J connectivity index is 1.67. The van der Waals surface area contributed by atoms with E-state index in [-0.39, 0.29) is 18.3 Å². The fraction of sp³-hybridized carbons (Fsp3) is 0.350. The molecule has 6 nitrogen and oxygen atoms in total. The number of hydrogen-bond acceptors (Lipinski definition) is 5. The maximum atomic E-state index is 13.1. The zero-order valence-corrected chi connectivity index (χ0v) is 18.0. The van der Waals surface area contributed by atoms with Crippen molar-refractivity contribution in [2.45, 2.75) is 4.90 Å². The van der Waals surface area contributed by atoms with Crippen molar-refractivity contribution in [1.82, 2.24) is 4.90 Å². The average Bonchev–Trinajstić information content (AvgIpc) is 2.71. The van der Waals surface area contributed by atoms with Crippen molar-refractivity contribution in [3.63, 3.8) is 0 Å². The predicted molar refractivity (Wildman–Crippen MR) is 116 cm³/mol. The fourth-order valence-corrected chi connectivity index (χ4v) is 4.55. The number of rotatable bonds is 6. The van der Waals surface area contributed by atoms with Crippen LogP contribution in [0.15, 0.2) is 53.4 Å². The molecular formula is C20H24FN3O3S2. The molecule has 0 radical (unpaired) electrons. The number of nitrogens with zero attached hydrogens (tertiary/aromatic N) is 3. The van der Waals surface area contributed by atoms with E-state index < -0.39 is 10.0 Å². The molecule has 1 aliphatic rings. The standard InChI is InChI=1S/C20H24FN3O3S2/c1-28-19-5-3-4-18(14-19)24(29(2,26)27)15-20(25)23-12-10-22(11-13-23)17-8-6-16(21)7-9-17/h3-9,14H,10-13,15H2,1-2H3. The van der Waals surface area contributed by atoms with Crippen molar-refractivity contribution in [3.8, 4) is 0 Å². The normalized spacial score (nSPS) is 14.7. The molecule has 2 aromatic carbocycles. The molecule has 0 bridgehead atoms. The Morgan fingerprint density at radius 1 is 1.10 bits per heavy atom. The van der Waals surface area contributed by atoms with E-state index in [0.29, 0.717) is 31.9 Å². The van der Waals surface area contributed by atoms with E-state index in [1.54, 1.807) is 35.2 Å². The van der Waals surface area contributed by atoms with Crippen LogP contribution in [0.3, 0.4) is 0 Å². The second kappa shape index (κ2) is 9.04. The lowest BCUT2D eigenvalue weighted by Gasteiger charge is -2.37. The Kier molecular flexibility index (Phi) is 6.69. The second-order valence-electron chi connectivity index (χ2n) is 6.82. The van der Waals surface area contributed by atoms with Gasteiger partial charge in [0.25, 0.3) is 0 Å². The van der Waals surface area contributed by atoms with Gasteiger partial charge in [0.1, 0.15) is 12.4 Å². The van der Waals surface area contributed by atoms with Gasteiger partial charge in [0.05, 0.1) is 11.9 Å². The van der Waals surface area contributed by atoms with E-state index in [1.165, 1.54) is 23.9 Å². The quantitative estimate of drug-likeness (QED) is 0.651. The summed E-state index contributed by atoms with van der Waals surface area (Å²) in [5, 5.41) is 0. The molecule has 2 aromatic rings. The number of carbonyl (C=O) groups excluding carboxylic acids is 1. The number of piperazine rings is 1. The SMILES string of the molecule is CSc1cccc(N(CC(=O)N2CCN(c3ccc(F)cc3)CC2)S(C)(=O)=O)c1. The molecule has 3 rings (SSSR count). The summed E-state index contributed by atoms with van der Waals surface area (Å²) in [6.07, 6.45) is 3.02. The zero-order valence-electron chi connectivity index (χ0n) is 16.4. The van der Waals surface area contributed by atoms with E-state index in [0.717, 1.165) is 21.1 Å². The Hall–Kier alpha value is -2.26. The fourth-order valence-electron chi connectivity index (χ4n) is 3.25. The van der Waals surface area contributed by atoms with Gasteiger partial charge in [-0.3, -0.25) is 9.10 Å². The maximum absolute atomic E-state index is 13.1. The molecule has 1 heterocycles. The molecule has 1 saturated heterocycles. The van der Waals surface area contributed by atoms with Gasteiger partial charge in [-0.05, 0) is 48.7 Å². The maximum Gasteiger partial charge on any atom is 0.243 e. The first-order valence-electron chi connectivity index (χ1n) is 9.18. The molecular weight excluding hydrogens is 413 g/mol. The van der Waals surface area contributed by atoms with E-state index >= 15 is 0 Å². The predicted octanol–water partition coefficient (Wildman–Crippen LogP) is 2.66. The van der Waals surface area contributed by atoms with Crippen LogP contribution in [0.4, 0.5) is 15.8 Å². The molecule has 0 spiro atoms. The van der Waals surface area contributed by atoms with Crippen LogP contribution < -0.4 is 9.21 Å². The van der Waals surface area contributed by atoms with Crippen LogP contribution in [0, 0.1) is 5.82 Å². The molecule has 0 aliphatic carbocycles. The molecule has 156 valence electrons. The Labute approximate surface area is 175 Å². The highest BCUT2D eigenvalue weighted by molar-refractivity contribution is 7.98. The van der Waals surface area contributed by atoms with E-state index in [4.69, 9.17) is 0 Å². The summed E-state index contributed by atoms with van der Waals surface area (Å²) in [6.45, 7) is 1.96. The largest absolute Gasteiger partial charge is 0.368 e. The van der Waals surface area contributed by atoms with Crippen molar-refractivity contribution in [3.05, 3.63) is 54.3 Å². The van der Waals surface area contributed by atoms with Crippen molar-refractivity contribution in [2.24, 2.45) is 0 Å². The topological polar surface area (TPSA) is 60.9 Å². The number of benzene rings is 2. The van der Waals surface area contributed by atoms with E-state index in [9.17, 15) is 17.6 Å². The molecule has 0 aromatic heterocycles. The summed E-state index contributed by atoms with van der Waals surface area (Å²) in [6, 6.07) is 13.4. The Morgan fingerprint density at radius 3 is 2.34 bits per heavy atom. The van der Waals surface area contributed by atoms with Crippen LogP contribution in [-0.4, -0.2) is 64.5 Å². The summed E-state index contributed by atoms with van der Waals surface area (Å²) in [4.78, 5) is 17.5. The minimum absolute atomic E-state index is 0.229. The number of hydrogen-bond donors (Lipinski definition) is 0. The van der Waals surface area contributed by atoms with Crippen molar-refractivity contribution >= 4 is 39.1 Å². The van der Waals surface area contributed by atoms with Crippen LogP contribution in [0.5, 0.6) is 0 Å². The molecule has 0 unspecified atom stereocenters. The third-order valence-corrected chi connectivity index (χ3v) is 6.71. The zero-order chi connectivity index (χ0) is 21.0. The molecule has 0 atom stereocenters. The summed E-state index contributed by atoms with van der Waals surface area (Å²) >= 11 is 1.51. The van der Waals surface area contributed by atoms with Crippen LogP contribution in [0.2, 0.25) is 0 Å². The van der Waals surface area contributed by atoms with Crippen LogP contribution in [-0.2, 0) is 14.8 Å². The first kappa shape index (κ1) is 21.4. The van der Waals surface area contributed by atoms with Gasteiger partial charge in [0.2, 0.25) is 15.9 Å². The molecule has 0 saturated carbocycles.